The summed E-state index contributed by atoms with van der Waals surface area (Å²) in [7, 11) is 3.97. The molecule has 102 valence electrons. The van der Waals surface area contributed by atoms with Crippen molar-refractivity contribution in [1.29, 1.82) is 0 Å². The Kier molecular flexibility index (Phi) is 6.45. The molecule has 0 amide bonds. The highest BCUT2D eigenvalue weighted by atomic mass is 16.5. The molecule has 2 N–H and O–H groups in total. The molecule has 1 rings (SSSR count). The lowest BCUT2D eigenvalue weighted by atomic mass is 9.87. The number of nitrogens with two attached hydrogens (primary N) is 1. The van der Waals surface area contributed by atoms with E-state index in [9.17, 15) is 0 Å². The normalized spacial score (nSPS) is 30.5. The monoisotopic (exact) mass is 242 g/mol. The minimum atomic E-state index is 0.225. The zero-order valence-corrected chi connectivity index (χ0v) is 11.9. The van der Waals surface area contributed by atoms with E-state index in [0.717, 1.165) is 25.6 Å². The van der Waals surface area contributed by atoms with Gasteiger partial charge in [0.1, 0.15) is 0 Å². The van der Waals surface area contributed by atoms with Gasteiger partial charge in [0.25, 0.3) is 0 Å². The molecule has 0 spiro atoms. The first-order valence-electron chi connectivity index (χ1n) is 7.08. The predicted molar refractivity (Wildman–Crippen MR) is 73.2 cm³/mol. The molecule has 0 saturated heterocycles. The Morgan fingerprint density at radius 1 is 1.35 bits per heavy atom. The minimum Gasteiger partial charge on any atom is -0.383 e. The maximum atomic E-state index is 6.08. The van der Waals surface area contributed by atoms with Gasteiger partial charge in [-0.15, -0.1) is 0 Å². The van der Waals surface area contributed by atoms with Crippen molar-refractivity contribution in [3.05, 3.63) is 0 Å². The molecule has 0 heterocycles. The number of methoxy groups -OCH3 is 1. The molecule has 2 unspecified atom stereocenters. The molecule has 1 aliphatic rings. The summed E-state index contributed by atoms with van der Waals surface area (Å²) in [5, 5.41) is 0. The number of hydrogen-bond acceptors (Lipinski definition) is 3. The van der Waals surface area contributed by atoms with E-state index in [-0.39, 0.29) is 5.54 Å². The Morgan fingerprint density at radius 2 is 2.12 bits per heavy atom. The average Bonchev–Trinajstić information content (AvgIpc) is 2.58. The van der Waals surface area contributed by atoms with Crippen LogP contribution in [0.2, 0.25) is 0 Å². The Labute approximate surface area is 107 Å². The second kappa shape index (κ2) is 7.34. The zero-order valence-electron chi connectivity index (χ0n) is 11.9. The number of ether oxygens (including phenoxy) is 1. The van der Waals surface area contributed by atoms with E-state index in [1.54, 1.807) is 7.11 Å². The second-order valence-electron chi connectivity index (χ2n) is 5.55. The van der Waals surface area contributed by atoms with Gasteiger partial charge in [0, 0.05) is 25.7 Å². The van der Waals surface area contributed by atoms with Crippen molar-refractivity contribution >= 4 is 0 Å². The van der Waals surface area contributed by atoms with Crippen LogP contribution in [0, 0.1) is 5.92 Å². The van der Waals surface area contributed by atoms with Crippen LogP contribution >= 0.6 is 0 Å². The first-order chi connectivity index (χ1) is 8.18. The molecular formula is C14H30N2O. The molecule has 2 atom stereocenters. The van der Waals surface area contributed by atoms with Gasteiger partial charge in [-0.2, -0.15) is 0 Å². The molecule has 3 heteroatoms. The second-order valence-corrected chi connectivity index (χ2v) is 5.55. The van der Waals surface area contributed by atoms with Crippen LogP contribution < -0.4 is 5.73 Å². The van der Waals surface area contributed by atoms with Crippen molar-refractivity contribution in [2.45, 2.75) is 51.0 Å². The third-order valence-corrected chi connectivity index (χ3v) is 4.67. The van der Waals surface area contributed by atoms with Gasteiger partial charge in [-0.1, -0.05) is 26.2 Å². The molecule has 0 aromatic heterocycles. The summed E-state index contributed by atoms with van der Waals surface area (Å²) in [6.45, 7) is 4.89. The summed E-state index contributed by atoms with van der Waals surface area (Å²) >= 11 is 0. The molecule has 1 fully saturated rings. The maximum absolute atomic E-state index is 6.08. The van der Waals surface area contributed by atoms with Gasteiger partial charge in [0.2, 0.25) is 0 Å². The first-order valence-corrected chi connectivity index (χ1v) is 7.08. The SMILES string of the molecule is CCC1CCCC(CN)(N(C)CCOC)CC1. The summed E-state index contributed by atoms with van der Waals surface area (Å²) in [5.74, 6) is 0.916. The average molecular weight is 242 g/mol. The highest BCUT2D eigenvalue weighted by Gasteiger charge is 2.34. The van der Waals surface area contributed by atoms with Crippen LogP contribution in [0.25, 0.3) is 0 Å². The first kappa shape index (κ1) is 14.9. The van der Waals surface area contributed by atoms with Gasteiger partial charge >= 0.3 is 0 Å². The largest absolute Gasteiger partial charge is 0.383 e. The summed E-state index contributed by atoms with van der Waals surface area (Å²) in [6.07, 6.45) is 7.87. The summed E-state index contributed by atoms with van der Waals surface area (Å²) in [5.41, 5.74) is 6.31. The molecule has 1 aliphatic carbocycles. The standard InChI is InChI=1S/C14H30N2O/c1-4-13-6-5-8-14(12-15,9-7-13)16(2)10-11-17-3/h13H,4-12,15H2,1-3H3. The van der Waals surface area contributed by atoms with E-state index in [1.165, 1.54) is 38.5 Å². The van der Waals surface area contributed by atoms with Crippen LogP contribution in [0.1, 0.15) is 45.4 Å². The number of rotatable bonds is 6. The van der Waals surface area contributed by atoms with Crippen molar-refractivity contribution in [2.75, 3.05) is 33.9 Å². The Bertz CT molecular complexity index is 210. The quantitative estimate of drug-likeness (QED) is 0.726. The molecule has 0 radical (unpaired) electrons. The molecule has 17 heavy (non-hydrogen) atoms. The van der Waals surface area contributed by atoms with Gasteiger partial charge in [0.15, 0.2) is 0 Å². The van der Waals surface area contributed by atoms with Crippen molar-refractivity contribution < 1.29 is 4.74 Å². The van der Waals surface area contributed by atoms with Gasteiger partial charge in [-0.05, 0) is 32.2 Å². The third kappa shape index (κ3) is 3.94. The highest BCUT2D eigenvalue weighted by molar-refractivity contribution is 4.92. The van der Waals surface area contributed by atoms with Crippen LogP contribution in [0.3, 0.4) is 0 Å². The van der Waals surface area contributed by atoms with Crippen molar-refractivity contribution in [2.24, 2.45) is 11.7 Å². The fraction of sp³-hybridized carbons (Fsp3) is 1.00. The molecular weight excluding hydrogens is 212 g/mol. The summed E-state index contributed by atoms with van der Waals surface area (Å²) < 4.78 is 5.18. The lowest BCUT2D eigenvalue weighted by Crippen LogP contribution is -2.52. The van der Waals surface area contributed by atoms with Gasteiger partial charge < -0.3 is 10.5 Å². The molecule has 0 aliphatic heterocycles. The Morgan fingerprint density at radius 3 is 2.71 bits per heavy atom. The summed E-state index contributed by atoms with van der Waals surface area (Å²) in [6, 6.07) is 0. The fourth-order valence-corrected chi connectivity index (χ4v) is 3.08. The lowest BCUT2D eigenvalue weighted by Gasteiger charge is -2.41. The smallest absolute Gasteiger partial charge is 0.0589 e. The van der Waals surface area contributed by atoms with Crippen molar-refractivity contribution in [1.82, 2.24) is 4.90 Å². The Hall–Kier alpha value is -0.120. The number of likely N-dealkylation sites (N-methyl/N-ethyl adjacent to an activating group) is 1. The van der Waals surface area contributed by atoms with E-state index in [0.29, 0.717) is 0 Å². The van der Waals surface area contributed by atoms with Gasteiger partial charge in [0.05, 0.1) is 6.61 Å². The molecule has 0 aromatic carbocycles. The molecule has 0 aromatic rings. The Balaban J connectivity index is 2.60. The highest BCUT2D eigenvalue weighted by Crippen LogP contribution is 2.34. The van der Waals surface area contributed by atoms with Crippen molar-refractivity contribution in [3.8, 4) is 0 Å². The van der Waals surface area contributed by atoms with E-state index < -0.39 is 0 Å². The topological polar surface area (TPSA) is 38.5 Å². The van der Waals surface area contributed by atoms with Gasteiger partial charge in [-0.25, -0.2) is 0 Å². The molecule has 3 nitrogen and oxygen atoms in total. The van der Waals surface area contributed by atoms with Crippen LogP contribution in [0.15, 0.2) is 0 Å². The maximum Gasteiger partial charge on any atom is 0.0589 e. The van der Waals surface area contributed by atoms with Crippen molar-refractivity contribution in [3.63, 3.8) is 0 Å². The predicted octanol–water partition coefficient (Wildman–Crippen LogP) is 2.25. The zero-order chi connectivity index (χ0) is 12.7. The summed E-state index contributed by atoms with van der Waals surface area (Å²) in [4.78, 5) is 2.44. The van der Waals surface area contributed by atoms with Crippen LogP contribution in [0.4, 0.5) is 0 Å². The molecule has 0 bridgehead atoms. The number of nitrogens with zero attached hydrogens (tertiary/aromatic N) is 1. The minimum absolute atomic E-state index is 0.225. The van der Waals surface area contributed by atoms with Gasteiger partial charge in [-0.3, -0.25) is 4.90 Å². The van der Waals surface area contributed by atoms with Crippen LogP contribution in [0.5, 0.6) is 0 Å². The van der Waals surface area contributed by atoms with E-state index in [4.69, 9.17) is 10.5 Å². The fourth-order valence-electron chi connectivity index (χ4n) is 3.08. The van der Waals surface area contributed by atoms with E-state index in [2.05, 4.69) is 18.9 Å². The van der Waals surface area contributed by atoms with Crippen LogP contribution in [-0.2, 0) is 4.74 Å². The third-order valence-electron chi connectivity index (χ3n) is 4.67. The van der Waals surface area contributed by atoms with Crippen LogP contribution in [-0.4, -0.2) is 44.3 Å². The number of hydrogen-bond donors (Lipinski definition) is 1. The lowest BCUT2D eigenvalue weighted by molar-refractivity contribution is 0.0709. The van der Waals surface area contributed by atoms with E-state index >= 15 is 0 Å². The molecule has 1 saturated carbocycles. The van der Waals surface area contributed by atoms with E-state index in [1.807, 2.05) is 0 Å².